The Kier molecular flexibility index (Phi) is 6.65. The van der Waals surface area contributed by atoms with Crippen LogP contribution in [0.25, 0.3) is 11.2 Å². The molecule has 0 radical (unpaired) electrons. The summed E-state index contributed by atoms with van der Waals surface area (Å²) in [5.41, 5.74) is 3.58. The van der Waals surface area contributed by atoms with Gasteiger partial charge in [0, 0.05) is 11.5 Å². The highest BCUT2D eigenvalue weighted by Crippen LogP contribution is 2.46. The Morgan fingerprint density at radius 3 is 2.74 bits per heavy atom. The fourth-order valence-corrected chi connectivity index (χ4v) is 5.56. The van der Waals surface area contributed by atoms with E-state index in [0.29, 0.717) is 30.6 Å². The molecule has 2 aromatic heterocycles. The summed E-state index contributed by atoms with van der Waals surface area (Å²) in [7, 11) is -1.67. The zero-order chi connectivity index (χ0) is 24.6. The zero-order valence-electron chi connectivity index (χ0n) is 21.0. The second kappa shape index (κ2) is 9.71. The number of nitrogens with zero attached hydrogens (tertiary/aromatic N) is 4. The highest BCUT2D eigenvalue weighted by molar-refractivity contribution is 6.79. The molecule has 3 aromatic rings. The van der Waals surface area contributed by atoms with Crippen LogP contribution in [0.1, 0.15) is 44.1 Å². The van der Waals surface area contributed by atoms with Gasteiger partial charge in [0.25, 0.3) is 0 Å². The summed E-state index contributed by atoms with van der Waals surface area (Å²) in [6.45, 7) is 14.5. The number of aromatic nitrogens is 4. The molecule has 35 heavy (non-hydrogen) atoms. The van der Waals surface area contributed by atoms with Gasteiger partial charge in [-0.05, 0) is 18.4 Å². The van der Waals surface area contributed by atoms with Crippen molar-refractivity contribution in [1.29, 1.82) is 0 Å². The van der Waals surface area contributed by atoms with Gasteiger partial charge in [0.2, 0.25) is 11.8 Å². The first-order valence-corrected chi connectivity index (χ1v) is 16.0. The van der Waals surface area contributed by atoms with Crippen LogP contribution >= 0.6 is 0 Å². The third-order valence-corrected chi connectivity index (χ3v) is 7.53. The van der Waals surface area contributed by atoms with Gasteiger partial charge in [-0.25, -0.2) is 4.98 Å². The predicted molar refractivity (Wildman–Crippen MR) is 139 cm³/mol. The summed E-state index contributed by atoms with van der Waals surface area (Å²) in [5.74, 6) is 1.27. The second-order valence-electron chi connectivity index (χ2n) is 10.4. The quantitative estimate of drug-likeness (QED) is 0.253. The number of benzene rings is 1. The SMILES string of the molecule is C=C1[C@@H]2COC(c3ccccc3)O[C@H]2C[C@@H]1n1cnc2c(OCCCC)nc(N[Si](C)(C)C)nc21. The lowest BCUT2D eigenvalue weighted by Crippen LogP contribution is -2.33. The van der Waals surface area contributed by atoms with Crippen molar-refractivity contribution in [2.75, 3.05) is 18.2 Å². The molecule has 1 aromatic carbocycles. The Morgan fingerprint density at radius 1 is 1.20 bits per heavy atom. The molecule has 1 aliphatic carbocycles. The summed E-state index contributed by atoms with van der Waals surface area (Å²) in [6, 6.07) is 10.1. The van der Waals surface area contributed by atoms with Crippen molar-refractivity contribution in [2.45, 2.75) is 64.3 Å². The topological polar surface area (TPSA) is 83.3 Å². The third kappa shape index (κ3) is 4.98. The van der Waals surface area contributed by atoms with Crippen molar-refractivity contribution in [2.24, 2.45) is 5.92 Å². The molecule has 1 saturated heterocycles. The van der Waals surface area contributed by atoms with E-state index in [2.05, 4.69) is 52.7 Å². The molecule has 4 atom stereocenters. The Hall–Kier alpha value is -2.75. The molecular weight excluding hydrogens is 458 g/mol. The minimum atomic E-state index is -1.67. The highest BCUT2D eigenvalue weighted by Gasteiger charge is 2.44. The lowest BCUT2D eigenvalue weighted by atomic mass is 10.0. The molecule has 5 rings (SSSR count). The van der Waals surface area contributed by atoms with Gasteiger partial charge < -0.3 is 23.8 Å². The van der Waals surface area contributed by atoms with Crippen LogP contribution in [0, 0.1) is 5.92 Å². The van der Waals surface area contributed by atoms with E-state index in [-0.39, 0.29) is 24.4 Å². The number of imidazole rings is 1. The van der Waals surface area contributed by atoms with Crippen LogP contribution in [-0.2, 0) is 9.47 Å². The first-order chi connectivity index (χ1) is 16.8. The van der Waals surface area contributed by atoms with Gasteiger partial charge in [-0.2, -0.15) is 9.97 Å². The van der Waals surface area contributed by atoms with Gasteiger partial charge in [-0.15, -0.1) is 0 Å². The van der Waals surface area contributed by atoms with Crippen LogP contribution in [0.2, 0.25) is 19.6 Å². The molecule has 1 N–H and O–H groups in total. The number of ether oxygens (including phenoxy) is 3. The average molecular weight is 494 g/mol. The summed E-state index contributed by atoms with van der Waals surface area (Å²) in [6.07, 6.45) is 4.34. The van der Waals surface area contributed by atoms with Crippen LogP contribution in [-0.4, -0.2) is 47.1 Å². The summed E-state index contributed by atoms with van der Waals surface area (Å²) in [5, 5.41) is 0. The lowest BCUT2D eigenvalue weighted by Gasteiger charge is -2.33. The van der Waals surface area contributed by atoms with Gasteiger partial charge in [0.05, 0.1) is 31.7 Å². The smallest absolute Gasteiger partial charge is 0.247 e. The van der Waals surface area contributed by atoms with E-state index in [1.165, 1.54) is 0 Å². The van der Waals surface area contributed by atoms with Gasteiger partial charge >= 0.3 is 0 Å². The van der Waals surface area contributed by atoms with E-state index in [4.69, 9.17) is 19.2 Å². The van der Waals surface area contributed by atoms with Gasteiger partial charge in [0.1, 0.15) is 8.24 Å². The maximum atomic E-state index is 6.40. The van der Waals surface area contributed by atoms with E-state index < -0.39 is 8.24 Å². The maximum Gasteiger partial charge on any atom is 0.247 e. The fourth-order valence-electron chi connectivity index (χ4n) is 4.78. The molecule has 9 heteroatoms. The number of fused-ring (bicyclic) bond motifs is 2. The number of nitrogens with one attached hydrogen (secondary N) is 1. The van der Waals surface area contributed by atoms with Crippen LogP contribution in [0.5, 0.6) is 5.88 Å². The molecule has 8 nitrogen and oxygen atoms in total. The van der Waals surface area contributed by atoms with Crippen molar-refractivity contribution in [3.8, 4) is 5.88 Å². The molecule has 1 aliphatic heterocycles. The van der Waals surface area contributed by atoms with Crippen LogP contribution in [0.3, 0.4) is 0 Å². The monoisotopic (exact) mass is 493 g/mol. The van der Waals surface area contributed by atoms with E-state index in [9.17, 15) is 0 Å². The normalized spacial score (nSPS) is 24.5. The number of rotatable bonds is 8. The number of anilines is 1. The fraction of sp³-hybridized carbons (Fsp3) is 0.500. The van der Waals surface area contributed by atoms with E-state index in [1.807, 2.05) is 36.7 Å². The number of unbranched alkanes of at least 4 members (excludes halogenated alkanes) is 1. The summed E-state index contributed by atoms with van der Waals surface area (Å²) < 4.78 is 20.7. The highest BCUT2D eigenvalue weighted by atomic mass is 28.3. The number of hydrogen-bond donors (Lipinski definition) is 1. The molecule has 1 unspecified atom stereocenters. The minimum Gasteiger partial charge on any atom is -0.476 e. The molecule has 1 saturated carbocycles. The first kappa shape index (κ1) is 24.0. The van der Waals surface area contributed by atoms with E-state index in [0.717, 1.165) is 36.0 Å². The average Bonchev–Trinajstić information content (AvgIpc) is 3.39. The predicted octanol–water partition coefficient (Wildman–Crippen LogP) is 5.48. The molecule has 2 aliphatic rings. The Labute approximate surface area is 207 Å². The van der Waals surface area contributed by atoms with Gasteiger partial charge in [-0.3, -0.25) is 0 Å². The Bertz CT molecular complexity index is 1190. The van der Waals surface area contributed by atoms with Crippen molar-refractivity contribution >= 4 is 25.3 Å². The summed E-state index contributed by atoms with van der Waals surface area (Å²) in [4.78, 5) is 17.8. The van der Waals surface area contributed by atoms with Gasteiger partial charge in [-0.1, -0.05) is 69.9 Å². The van der Waals surface area contributed by atoms with Crippen LogP contribution in [0.15, 0.2) is 48.8 Å². The molecule has 0 amide bonds. The second-order valence-corrected chi connectivity index (χ2v) is 15.2. The minimum absolute atomic E-state index is 0.0197. The van der Waals surface area contributed by atoms with Crippen molar-refractivity contribution in [3.05, 3.63) is 54.4 Å². The molecular formula is C26H35N5O3Si. The third-order valence-electron chi connectivity index (χ3n) is 6.55. The van der Waals surface area contributed by atoms with E-state index >= 15 is 0 Å². The number of hydrogen-bond acceptors (Lipinski definition) is 7. The van der Waals surface area contributed by atoms with Crippen molar-refractivity contribution in [3.63, 3.8) is 0 Å². The Morgan fingerprint density at radius 2 is 2.00 bits per heavy atom. The molecule has 0 bridgehead atoms. The standard InChI is InChI=1S/C26H35N5O3Si/c1-6-7-13-32-24-22-23(28-26(29-24)30-35(3,4)5)31(16-27-22)20-14-21-19(17(20)2)15-33-25(34-21)18-11-9-8-10-12-18/h8-12,16,19-21,25H,2,6-7,13-15H2,1,3-5H3,(H,28,29,30)/t19-,20-,21-,25?/m0/s1. The molecule has 2 fully saturated rings. The van der Waals surface area contributed by atoms with Crippen LogP contribution < -0.4 is 9.72 Å². The molecule has 186 valence electrons. The lowest BCUT2D eigenvalue weighted by molar-refractivity contribution is -0.229. The van der Waals surface area contributed by atoms with Crippen LogP contribution in [0.4, 0.5) is 5.95 Å². The molecule has 3 heterocycles. The largest absolute Gasteiger partial charge is 0.476 e. The Balaban J connectivity index is 1.44. The van der Waals surface area contributed by atoms with Gasteiger partial charge in [0.15, 0.2) is 17.5 Å². The van der Waals surface area contributed by atoms with E-state index in [1.54, 1.807) is 0 Å². The molecule has 0 spiro atoms. The van der Waals surface area contributed by atoms with Crippen molar-refractivity contribution < 1.29 is 14.2 Å². The first-order valence-electron chi connectivity index (χ1n) is 12.5. The van der Waals surface area contributed by atoms with Crippen molar-refractivity contribution in [1.82, 2.24) is 19.5 Å². The summed E-state index contributed by atoms with van der Waals surface area (Å²) >= 11 is 0. The maximum absolute atomic E-state index is 6.40. The zero-order valence-corrected chi connectivity index (χ0v) is 22.0.